The first kappa shape index (κ1) is 21.9. The molecule has 5 heterocycles. The normalized spacial score (nSPS) is 17.3. The van der Waals surface area contributed by atoms with Crippen LogP contribution in [0.4, 0.5) is 5.69 Å². The average Bonchev–Trinajstić information content (AvgIpc) is 3.24. The number of pyridine rings is 2. The number of carbonyl (C=O) groups excluding carboxylic acids is 1. The summed E-state index contributed by atoms with van der Waals surface area (Å²) in [6, 6.07) is 10.6. The second-order valence-corrected chi connectivity index (χ2v) is 11.3. The lowest BCUT2D eigenvalue weighted by Gasteiger charge is -2.24. The van der Waals surface area contributed by atoms with Crippen molar-refractivity contribution in [2.75, 3.05) is 5.32 Å². The third kappa shape index (κ3) is 3.44. The maximum absolute atomic E-state index is 12.5. The van der Waals surface area contributed by atoms with Crippen LogP contribution in [-0.4, -0.2) is 31.6 Å². The van der Waals surface area contributed by atoms with E-state index in [2.05, 4.69) is 55.3 Å². The summed E-state index contributed by atoms with van der Waals surface area (Å²) in [5.41, 5.74) is 9.82. The molecule has 0 saturated heterocycles. The van der Waals surface area contributed by atoms with Crippen LogP contribution in [0.2, 0.25) is 0 Å². The smallest absolute Gasteiger partial charge is 0.227 e. The van der Waals surface area contributed by atoms with Gasteiger partial charge in [0, 0.05) is 35.0 Å². The lowest BCUT2D eigenvalue weighted by atomic mass is 9.85. The molecule has 4 aromatic heterocycles. The van der Waals surface area contributed by atoms with Crippen molar-refractivity contribution in [2.24, 2.45) is 10.9 Å². The zero-order valence-corrected chi connectivity index (χ0v) is 21.4. The van der Waals surface area contributed by atoms with Crippen LogP contribution in [0.15, 0.2) is 70.9 Å². The van der Waals surface area contributed by atoms with Crippen molar-refractivity contribution in [3.05, 3.63) is 82.8 Å². The Labute approximate surface area is 223 Å². The fourth-order valence-corrected chi connectivity index (χ4v) is 6.25. The van der Waals surface area contributed by atoms with Crippen LogP contribution in [0.5, 0.6) is 0 Å². The van der Waals surface area contributed by atoms with E-state index >= 15 is 0 Å². The van der Waals surface area contributed by atoms with E-state index in [1.165, 1.54) is 5.56 Å². The van der Waals surface area contributed by atoms with Gasteiger partial charge in [-0.15, -0.1) is 0 Å². The number of nitrogens with zero attached hydrogens (tertiary/aromatic N) is 4. The number of aromatic nitrogens is 4. The first-order valence-electron chi connectivity index (χ1n) is 13.0. The van der Waals surface area contributed by atoms with Crippen molar-refractivity contribution in [1.82, 2.24) is 19.9 Å². The topological polar surface area (TPSA) is 95.9 Å². The van der Waals surface area contributed by atoms with Gasteiger partial charge in [0.1, 0.15) is 11.2 Å². The summed E-state index contributed by atoms with van der Waals surface area (Å²) in [7, 11) is 0. The molecule has 0 bridgehead atoms. The highest BCUT2D eigenvalue weighted by Crippen LogP contribution is 2.55. The van der Waals surface area contributed by atoms with Crippen molar-refractivity contribution in [2.45, 2.75) is 37.6 Å². The first-order chi connectivity index (χ1) is 18.7. The van der Waals surface area contributed by atoms with Crippen LogP contribution in [-0.2, 0) is 10.3 Å². The monoisotopic (exact) mass is 516 g/mol. The molecule has 0 atom stereocenters. The van der Waals surface area contributed by atoms with E-state index in [1.807, 2.05) is 24.7 Å². The molecule has 2 saturated carbocycles. The van der Waals surface area contributed by atoms with Crippen LogP contribution in [0, 0.1) is 5.92 Å². The third-order valence-corrected chi connectivity index (χ3v) is 8.77. The number of amides is 1. The highest BCUT2D eigenvalue weighted by molar-refractivity contribution is 7.08. The number of hydrogen-bond donors (Lipinski definition) is 2. The van der Waals surface area contributed by atoms with E-state index < -0.39 is 0 Å². The number of nitrogens with one attached hydrogen (secondary N) is 2. The maximum atomic E-state index is 12.5. The van der Waals surface area contributed by atoms with E-state index in [-0.39, 0.29) is 17.4 Å². The summed E-state index contributed by atoms with van der Waals surface area (Å²) in [4.78, 5) is 35.1. The molecule has 2 fully saturated rings. The molecule has 0 radical (unpaired) electrons. The Morgan fingerprint density at radius 1 is 0.974 bits per heavy atom. The lowest BCUT2D eigenvalue weighted by molar-refractivity contribution is -0.122. The molecular formula is C30H24N6OS. The number of hydrogen-bond acceptors (Lipinski definition) is 6. The molecule has 1 spiro atoms. The standard InChI is InChI=1S/C30H24N6OS/c37-29(17-2-1-3-17)33-21-10-20(12-31-13-21)18-4-5-24-22(11-18)27(36-30(24)7-8-30)28-34-25-15-32-14-23(26(25)35-28)19-6-9-38-16-19/h4-6,9-17H,1-3,7-8H2,(H,33,37)(H,34,35). The quantitative estimate of drug-likeness (QED) is 0.285. The van der Waals surface area contributed by atoms with Gasteiger partial charge in [-0.1, -0.05) is 18.6 Å². The number of benzene rings is 1. The van der Waals surface area contributed by atoms with E-state index in [1.54, 1.807) is 17.5 Å². The van der Waals surface area contributed by atoms with Crippen LogP contribution in [0.3, 0.4) is 0 Å². The highest BCUT2D eigenvalue weighted by atomic mass is 32.1. The predicted molar refractivity (Wildman–Crippen MR) is 149 cm³/mol. The summed E-state index contributed by atoms with van der Waals surface area (Å²) < 4.78 is 0. The van der Waals surface area contributed by atoms with Crippen LogP contribution in [0.1, 0.15) is 49.1 Å². The third-order valence-electron chi connectivity index (χ3n) is 8.09. The van der Waals surface area contributed by atoms with Crippen LogP contribution >= 0.6 is 11.3 Å². The molecule has 8 rings (SSSR count). The minimum Gasteiger partial charge on any atom is -0.335 e. The Hall–Kier alpha value is -4.17. The number of anilines is 1. The lowest BCUT2D eigenvalue weighted by Crippen LogP contribution is -2.28. The van der Waals surface area contributed by atoms with E-state index in [0.717, 1.165) is 88.2 Å². The molecule has 8 heteroatoms. The number of rotatable bonds is 5. The van der Waals surface area contributed by atoms with Crippen molar-refractivity contribution < 1.29 is 4.79 Å². The van der Waals surface area contributed by atoms with Gasteiger partial charge in [0.15, 0.2) is 5.82 Å². The summed E-state index contributed by atoms with van der Waals surface area (Å²) in [5, 5.41) is 7.24. The van der Waals surface area contributed by atoms with E-state index in [0.29, 0.717) is 0 Å². The molecule has 5 aromatic rings. The molecule has 2 N–H and O–H groups in total. The van der Waals surface area contributed by atoms with Crippen molar-refractivity contribution >= 4 is 39.7 Å². The Balaban J connectivity index is 1.18. The largest absolute Gasteiger partial charge is 0.335 e. The summed E-state index contributed by atoms with van der Waals surface area (Å²) >= 11 is 1.66. The summed E-state index contributed by atoms with van der Waals surface area (Å²) in [6.07, 6.45) is 12.4. The Kier molecular flexibility index (Phi) is 4.70. The van der Waals surface area contributed by atoms with Gasteiger partial charge in [-0.05, 0) is 71.3 Å². The fourth-order valence-electron chi connectivity index (χ4n) is 5.60. The zero-order valence-electron chi connectivity index (χ0n) is 20.6. The Morgan fingerprint density at radius 3 is 2.66 bits per heavy atom. The van der Waals surface area contributed by atoms with Crippen molar-refractivity contribution in [3.8, 4) is 22.3 Å². The van der Waals surface area contributed by atoms with Gasteiger partial charge in [-0.25, -0.2) is 4.98 Å². The number of aromatic amines is 1. The fraction of sp³-hybridized carbons (Fsp3) is 0.233. The van der Waals surface area contributed by atoms with Gasteiger partial charge in [0.2, 0.25) is 5.91 Å². The number of aliphatic imine (C=N–C) groups is 1. The molecule has 1 aliphatic heterocycles. The van der Waals surface area contributed by atoms with Gasteiger partial charge in [0.05, 0.1) is 29.1 Å². The number of thiophene rings is 1. The second-order valence-electron chi connectivity index (χ2n) is 10.5. The molecule has 38 heavy (non-hydrogen) atoms. The molecule has 3 aliphatic rings. The minimum atomic E-state index is -0.131. The number of H-pyrrole nitrogens is 1. The molecule has 186 valence electrons. The molecule has 0 unspecified atom stereocenters. The number of imidazole rings is 1. The summed E-state index contributed by atoms with van der Waals surface area (Å²) in [6.45, 7) is 0. The minimum absolute atomic E-state index is 0.0930. The zero-order chi connectivity index (χ0) is 25.3. The molecule has 1 amide bonds. The van der Waals surface area contributed by atoms with Gasteiger partial charge < -0.3 is 10.3 Å². The highest BCUT2D eigenvalue weighted by Gasteiger charge is 2.50. The van der Waals surface area contributed by atoms with E-state index in [9.17, 15) is 4.79 Å². The number of fused-ring (bicyclic) bond motifs is 3. The average molecular weight is 517 g/mol. The van der Waals surface area contributed by atoms with Crippen LogP contribution in [0.25, 0.3) is 33.3 Å². The molecule has 7 nitrogen and oxygen atoms in total. The Bertz CT molecular complexity index is 1760. The Morgan fingerprint density at radius 2 is 1.87 bits per heavy atom. The molecular weight excluding hydrogens is 492 g/mol. The van der Waals surface area contributed by atoms with Gasteiger partial charge in [0.25, 0.3) is 0 Å². The van der Waals surface area contributed by atoms with Gasteiger partial charge in [-0.2, -0.15) is 11.3 Å². The van der Waals surface area contributed by atoms with Gasteiger partial charge in [-0.3, -0.25) is 19.8 Å². The predicted octanol–water partition coefficient (Wildman–Crippen LogP) is 6.33. The van der Waals surface area contributed by atoms with Crippen molar-refractivity contribution in [3.63, 3.8) is 0 Å². The number of carbonyl (C=O) groups is 1. The first-order valence-corrected chi connectivity index (χ1v) is 14.0. The molecule has 1 aromatic carbocycles. The van der Waals surface area contributed by atoms with Crippen molar-refractivity contribution in [1.29, 1.82) is 0 Å². The SMILES string of the molecule is O=C(Nc1cncc(-c2ccc3c(c2)C(c2nc4c(-c5ccsc5)cncc4[nH]2)=NC32CC2)c1)C1CCC1. The summed E-state index contributed by atoms with van der Waals surface area (Å²) in [5.74, 6) is 0.994. The van der Waals surface area contributed by atoms with E-state index in [4.69, 9.17) is 9.98 Å². The van der Waals surface area contributed by atoms with Gasteiger partial charge >= 0.3 is 0 Å². The second kappa shape index (κ2) is 8.16. The molecule has 2 aliphatic carbocycles. The maximum Gasteiger partial charge on any atom is 0.227 e. The van der Waals surface area contributed by atoms with Crippen LogP contribution < -0.4 is 5.32 Å².